The second-order valence-electron chi connectivity index (χ2n) is 8.02. The van der Waals surface area contributed by atoms with Gasteiger partial charge in [-0.25, -0.2) is 0 Å². The Balaban J connectivity index is 2.43. The first-order chi connectivity index (χ1) is 12.8. The number of hydrogen-bond acceptors (Lipinski definition) is 4. The number of halogens is 3. The standard InChI is InChI=1S/C19H25F3N2O3S/c1-4-24(15-6-5-14(11-23)16(10-15)19(20,21)22)17-9-13(12-28(25,26)27)7-8-18(17,2)3/h5-6,10,13,17H,4,7-9,12H2,1-3H3,(H,25,26,27). The third kappa shape index (κ3) is 5.17. The Bertz CT molecular complexity index is 860. The van der Waals surface area contributed by atoms with Crippen molar-refractivity contribution in [3.63, 3.8) is 0 Å². The molecule has 0 saturated heterocycles. The van der Waals surface area contributed by atoms with E-state index in [0.29, 0.717) is 31.5 Å². The molecule has 0 amide bonds. The fourth-order valence-electron chi connectivity index (χ4n) is 4.12. The number of hydrogen-bond donors (Lipinski definition) is 1. The summed E-state index contributed by atoms with van der Waals surface area (Å²) >= 11 is 0. The zero-order valence-corrected chi connectivity index (χ0v) is 16.9. The molecule has 1 aromatic carbocycles. The summed E-state index contributed by atoms with van der Waals surface area (Å²) in [5.74, 6) is -0.610. The minimum absolute atomic E-state index is 0.202. The van der Waals surface area contributed by atoms with Crippen LogP contribution in [0.2, 0.25) is 0 Å². The van der Waals surface area contributed by atoms with Crippen LogP contribution in [0.5, 0.6) is 0 Å². The van der Waals surface area contributed by atoms with Crippen LogP contribution in [-0.2, 0) is 16.3 Å². The van der Waals surface area contributed by atoms with Crippen LogP contribution in [0.1, 0.15) is 51.2 Å². The van der Waals surface area contributed by atoms with Gasteiger partial charge in [-0.3, -0.25) is 4.55 Å². The monoisotopic (exact) mass is 418 g/mol. The third-order valence-electron chi connectivity index (χ3n) is 5.58. The lowest BCUT2D eigenvalue weighted by Crippen LogP contribution is -2.50. The zero-order chi connectivity index (χ0) is 21.3. The molecule has 0 spiro atoms. The fraction of sp³-hybridized carbons (Fsp3) is 0.632. The van der Waals surface area contributed by atoms with Crippen LogP contribution in [0.4, 0.5) is 18.9 Å². The predicted molar refractivity (Wildman–Crippen MR) is 101 cm³/mol. The highest BCUT2D eigenvalue weighted by atomic mass is 32.2. The maximum Gasteiger partial charge on any atom is 0.417 e. The van der Waals surface area contributed by atoms with E-state index in [1.807, 2.05) is 25.7 Å². The lowest BCUT2D eigenvalue weighted by Gasteiger charge is -2.48. The van der Waals surface area contributed by atoms with Crippen molar-refractivity contribution in [2.24, 2.45) is 11.3 Å². The van der Waals surface area contributed by atoms with Crippen LogP contribution in [-0.4, -0.2) is 31.3 Å². The summed E-state index contributed by atoms with van der Waals surface area (Å²) in [7, 11) is -4.12. The predicted octanol–water partition coefficient (Wildman–Crippen LogP) is 4.49. The van der Waals surface area contributed by atoms with Crippen LogP contribution in [0.25, 0.3) is 0 Å². The molecular formula is C19H25F3N2O3S. The van der Waals surface area contributed by atoms with E-state index in [0.717, 1.165) is 6.07 Å². The molecule has 1 saturated carbocycles. The van der Waals surface area contributed by atoms with Crippen molar-refractivity contribution in [2.45, 2.75) is 52.3 Å². The normalized spacial score (nSPS) is 22.5. The van der Waals surface area contributed by atoms with Crippen LogP contribution >= 0.6 is 0 Å². The van der Waals surface area contributed by atoms with Gasteiger partial charge in [0.05, 0.1) is 22.9 Å². The first-order valence-electron chi connectivity index (χ1n) is 9.11. The Morgan fingerprint density at radius 1 is 1.36 bits per heavy atom. The van der Waals surface area contributed by atoms with E-state index in [2.05, 4.69) is 0 Å². The van der Waals surface area contributed by atoms with Gasteiger partial charge in [0.15, 0.2) is 0 Å². The van der Waals surface area contributed by atoms with Gasteiger partial charge in [-0.15, -0.1) is 0 Å². The Kier molecular flexibility index (Phi) is 6.36. The molecule has 28 heavy (non-hydrogen) atoms. The molecular weight excluding hydrogens is 393 g/mol. The fourth-order valence-corrected chi connectivity index (χ4v) is 5.02. The molecule has 0 aromatic heterocycles. The molecule has 0 bridgehead atoms. The van der Waals surface area contributed by atoms with Crippen molar-refractivity contribution >= 4 is 15.8 Å². The van der Waals surface area contributed by atoms with E-state index >= 15 is 0 Å². The molecule has 0 radical (unpaired) electrons. The summed E-state index contributed by atoms with van der Waals surface area (Å²) in [6, 6.07) is 5.04. The Morgan fingerprint density at radius 3 is 2.50 bits per heavy atom. The minimum atomic E-state index is -4.64. The Morgan fingerprint density at radius 2 is 2.00 bits per heavy atom. The summed E-state index contributed by atoms with van der Waals surface area (Å²) < 4.78 is 71.8. The lowest BCUT2D eigenvalue weighted by molar-refractivity contribution is -0.137. The van der Waals surface area contributed by atoms with Gasteiger partial charge in [0, 0.05) is 18.3 Å². The molecule has 9 heteroatoms. The van der Waals surface area contributed by atoms with Gasteiger partial charge >= 0.3 is 6.18 Å². The minimum Gasteiger partial charge on any atom is -0.368 e. The Labute approximate surface area is 163 Å². The van der Waals surface area contributed by atoms with Gasteiger partial charge in [-0.05, 0) is 55.7 Å². The number of nitriles is 1. The van der Waals surface area contributed by atoms with Gasteiger partial charge in [-0.1, -0.05) is 13.8 Å². The Hall–Kier alpha value is -1.79. The van der Waals surface area contributed by atoms with Gasteiger partial charge in [0.25, 0.3) is 10.1 Å². The zero-order valence-electron chi connectivity index (χ0n) is 16.1. The maximum absolute atomic E-state index is 13.4. The summed E-state index contributed by atoms with van der Waals surface area (Å²) in [6.45, 7) is 6.28. The smallest absolute Gasteiger partial charge is 0.368 e. The third-order valence-corrected chi connectivity index (χ3v) is 6.47. The van der Waals surface area contributed by atoms with Crippen molar-refractivity contribution < 1.29 is 26.1 Å². The van der Waals surface area contributed by atoms with Crippen LogP contribution in [0.15, 0.2) is 18.2 Å². The van der Waals surface area contributed by atoms with Crippen molar-refractivity contribution in [3.8, 4) is 6.07 Å². The number of nitrogens with zero attached hydrogens (tertiary/aromatic N) is 2. The van der Waals surface area contributed by atoms with Crippen molar-refractivity contribution in [3.05, 3.63) is 29.3 Å². The van der Waals surface area contributed by atoms with Crippen molar-refractivity contribution in [1.29, 1.82) is 5.26 Å². The van der Waals surface area contributed by atoms with E-state index in [1.165, 1.54) is 12.1 Å². The molecule has 1 fully saturated rings. The molecule has 156 valence electrons. The van der Waals surface area contributed by atoms with Gasteiger partial charge < -0.3 is 4.90 Å². The molecule has 1 aliphatic carbocycles. The average Bonchev–Trinajstić information content (AvgIpc) is 2.56. The largest absolute Gasteiger partial charge is 0.417 e. The summed E-state index contributed by atoms with van der Waals surface area (Å²) in [4.78, 5) is 1.84. The van der Waals surface area contributed by atoms with E-state index < -0.39 is 27.4 Å². The van der Waals surface area contributed by atoms with Crippen LogP contribution in [0, 0.1) is 22.7 Å². The van der Waals surface area contributed by atoms with Crippen LogP contribution in [0.3, 0.4) is 0 Å². The molecule has 5 nitrogen and oxygen atoms in total. The summed E-state index contributed by atoms with van der Waals surface area (Å²) in [6.07, 6.45) is -2.88. The molecule has 0 aliphatic heterocycles. The highest BCUT2D eigenvalue weighted by Crippen LogP contribution is 2.44. The summed E-state index contributed by atoms with van der Waals surface area (Å²) in [5.41, 5.74) is -1.31. The van der Waals surface area contributed by atoms with Gasteiger partial charge in [0.2, 0.25) is 0 Å². The highest BCUT2D eigenvalue weighted by Gasteiger charge is 2.41. The van der Waals surface area contributed by atoms with Crippen LogP contribution < -0.4 is 4.90 Å². The highest BCUT2D eigenvalue weighted by molar-refractivity contribution is 7.85. The quantitative estimate of drug-likeness (QED) is 0.713. The van der Waals surface area contributed by atoms with Gasteiger partial charge in [0.1, 0.15) is 0 Å². The first-order valence-corrected chi connectivity index (χ1v) is 10.7. The number of rotatable bonds is 5. The first kappa shape index (κ1) is 22.5. The topological polar surface area (TPSA) is 81.4 Å². The van der Waals surface area contributed by atoms with E-state index in [4.69, 9.17) is 5.26 Å². The maximum atomic E-state index is 13.4. The SMILES string of the molecule is CCN(c1ccc(C#N)c(C(F)(F)F)c1)C1CC(CS(=O)(=O)O)CCC1(C)C. The van der Waals surface area contributed by atoms with Gasteiger partial charge in [-0.2, -0.15) is 26.9 Å². The molecule has 1 aromatic rings. The lowest BCUT2D eigenvalue weighted by atomic mass is 9.69. The molecule has 1 aliphatic rings. The van der Waals surface area contributed by atoms with Crippen molar-refractivity contribution in [2.75, 3.05) is 17.2 Å². The number of benzene rings is 1. The number of anilines is 1. The summed E-state index contributed by atoms with van der Waals surface area (Å²) in [5, 5.41) is 9.00. The molecule has 1 N–H and O–H groups in total. The molecule has 2 rings (SSSR count). The molecule has 2 unspecified atom stereocenters. The molecule has 2 atom stereocenters. The molecule has 0 heterocycles. The van der Waals surface area contributed by atoms with E-state index in [1.54, 1.807) is 6.07 Å². The van der Waals surface area contributed by atoms with E-state index in [-0.39, 0.29) is 23.1 Å². The second kappa shape index (κ2) is 7.91. The number of alkyl halides is 3. The second-order valence-corrected chi connectivity index (χ2v) is 9.52. The average molecular weight is 418 g/mol. The van der Waals surface area contributed by atoms with E-state index in [9.17, 15) is 26.1 Å². The van der Waals surface area contributed by atoms with Crippen molar-refractivity contribution in [1.82, 2.24) is 0 Å².